The summed E-state index contributed by atoms with van der Waals surface area (Å²) >= 11 is 0. The summed E-state index contributed by atoms with van der Waals surface area (Å²) in [5.41, 5.74) is 0. The van der Waals surface area contributed by atoms with E-state index < -0.39 is 51.7 Å². The predicted molar refractivity (Wildman–Crippen MR) is 86.4 cm³/mol. The number of hydrogen-bond acceptors (Lipinski definition) is 13. The van der Waals surface area contributed by atoms with E-state index in [1.165, 1.54) is 0 Å². The fourth-order valence-corrected chi connectivity index (χ4v) is 3.14. The zero-order valence-corrected chi connectivity index (χ0v) is 16.7. The lowest BCUT2D eigenvalue weighted by atomic mass is 10.0. The van der Waals surface area contributed by atoms with Crippen LogP contribution in [0.4, 0.5) is 0 Å². The molecule has 2 saturated heterocycles. The Morgan fingerprint density at radius 2 is 1.72 bits per heavy atom. The van der Waals surface area contributed by atoms with Crippen LogP contribution < -0.4 is 5.11 Å². The van der Waals surface area contributed by atoms with Gasteiger partial charge in [-0.25, -0.2) is 16.8 Å². The highest BCUT2D eigenvalue weighted by atomic mass is 32.3. The van der Waals surface area contributed by atoms with Crippen molar-refractivity contribution in [3.63, 3.8) is 0 Å². The van der Waals surface area contributed by atoms with E-state index in [2.05, 4.69) is 13.1 Å². The molecule has 0 aromatic rings. The molecule has 0 aromatic heterocycles. The summed E-state index contributed by atoms with van der Waals surface area (Å²) in [6.45, 7) is 1.24. The molecular weight excluding hydrogens is 448 g/mol. The quantitative estimate of drug-likeness (QED) is 0.281. The van der Waals surface area contributed by atoms with Crippen molar-refractivity contribution >= 4 is 26.8 Å². The van der Waals surface area contributed by atoms with Crippen molar-refractivity contribution in [1.29, 1.82) is 0 Å². The molecule has 2 fully saturated rings. The molecular formula is C12H23O15S2-3. The van der Waals surface area contributed by atoms with Gasteiger partial charge < -0.3 is 44.5 Å². The van der Waals surface area contributed by atoms with E-state index in [-0.39, 0.29) is 36.2 Å². The van der Waals surface area contributed by atoms with E-state index in [4.69, 9.17) is 4.74 Å². The van der Waals surface area contributed by atoms with Crippen molar-refractivity contribution in [2.45, 2.75) is 56.7 Å². The highest BCUT2D eigenvalue weighted by Gasteiger charge is 2.32. The van der Waals surface area contributed by atoms with Crippen molar-refractivity contribution in [2.75, 3.05) is 13.2 Å². The molecule has 2 aliphatic rings. The van der Waals surface area contributed by atoms with Crippen LogP contribution >= 0.6 is 0 Å². The first-order chi connectivity index (χ1) is 12.3. The second kappa shape index (κ2) is 12.6. The standard InChI is InChI=1S/C6H10O8S.C6H12O5S.2H2O/c7-3-1-4(6(8)9)13-2-5(3)14-15(10,11)12;1-5-2-3-6(11-5)4-10-12(7,8)9;;/h3-5,7H,1-2H2,(H,8,9)(H,10,11,12);5-6H,2-4H2,1H3,(H,7,8,9);2*1H2/p-3. The third-order valence-electron chi connectivity index (χ3n) is 3.57. The molecule has 0 aromatic carbocycles. The molecule has 0 bridgehead atoms. The van der Waals surface area contributed by atoms with Gasteiger partial charge in [0.25, 0.3) is 0 Å². The Balaban J connectivity index is 0. The lowest BCUT2D eigenvalue weighted by Crippen LogP contribution is -2.50. The Kier molecular flexibility index (Phi) is 13.2. The van der Waals surface area contributed by atoms with Gasteiger partial charge in [0.1, 0.15) is 6.10 Å². The minimum Gasteiger partial charge on any atom is -0.726 e. The summed E-state index contributed by atoms with van der Waals surface area (Å²) in [6.07, 6.45) is -2.97. The van der Waals surface area contributed by atoms with Gasteiger partial charge in [-0.1, -0.05) is 0 Å². The molecule has 2 heterocycles. The third kappa shape index (κ3) is 13.0. The molecule has 15 nitrogen and oxygen atoms in total. The number of aliphatic carboxylic acids is 1. The molecule has 5 unspecified atom stereocenters. The second-order valence-electron chi connectivity index (χ2n) is 5.83. The number of carboxylic acid groups (broad SMARTS) is 1. The molecule has 2 aliphatic heterocycles. The van der Waals surface area contributed by atoms with Crippen LogP contribution in [-0.4, -0.2) is 91.7 Å². The van der Waals surface area contributed by atoms with E-state index >= 15 is 0 Å². The predicted octanol–water partition coefficient (Wildman–Crippen LogP) is -4.89. The summed E-state index contributed by atoms with van der Waals surface area (Å²) in [5.74, 6) is -1.52. The largest absolute Gasteiger partial charge is 0.726 e. The van der Waals surface area contributed by atoms with Crippen LogP contribution in [0.15, 0.2) is 0 Å². The maximum atomic E-state index is 10.3. The van der Waals surface area contributed by atoms with Crippen molar-refractivity contribution in [3.05, 3.63) is 0 Å². The molecule has 17 heteroatoms. The normalized spacial score (nSPS) is 29.6. The minimum atomic E-state index is -4.95. The lowest BCUT2D eigenvalue weighted by molar-refractivity contribution is -0.320. The van der Waals surface area contributed by atoms with Crippen LogP contribution in [0.3, 0.4) is 0 Å². The molecule has 0 radical (unpaired) electrons. The zero-order valence-electron chi connectivity index (χ0n) is 15.1. The second-order valence-corrected chi connectivity index (χ2v) is 7.89. The van der Waals surface area contributed by atoms with Crippen molar-refractivity contribution in [2.24, 2.45) is 0 Å². The van der Waals surface area contributed by atoms with Gasteiger partial charge in [-0.05, 0) is 19.8 Å². The van der Waals surface area contributed by atoms with E-state index in [0.29, 0.717) is 0 Å². The van der Waals surface area contributed by atoms with Gasteiger partial charge >= 0.3 is 0 Å². The van der Waals surface area contributed by atoms with Gasteiger partial charge in [0.2, 0.25) is 20.8 Å². The van der Waals surface area contributed by atoms with E-state index in [9.17, 15) is 40.9 Å². The molecule has 5 atom stereocenters. The number of carbonyl (C=O) groups is 1. The van der Waals surface area contributed by atoms with Crippen LogP contribution in [0.5, 0.6) is 0 Å². The average Bonchev–Trinajstić information content (AvgIpc) is 2.91. The number of aliphatic hydroxyl groups excluding tert-OH is 1. The zero-order chi connectivity index (χ0) is 20.8. The molecule has 5 N–H and O–H groups in total. The number of ether oxygens (including phenoxy) is 2. The fraction of sp³-hybridized carbons (Fsp3) is 0.917. The van der Waals surface area contributed by atoms with Gasteiger partial charge in [0, 0.05) is 6.42 Å². The third-order valence-corrected chi connectivity index (χ3v) is 4.48. The first kappa shape index (κ1) is 30.2. The summed E-state index contributed by atoms with van der Waals surface area (Å²) < 4.78 is 78.5. The molecule has 176 valence electrons. The summed E-state index contributed by atoms with van der Waals surface area (Å²) in [5, 5.41) is 19.6. The number of carbonyl (C=O) groups excluding carboxylic acids is 1. The molecule has 2 rings (SSSR count). The average molecular weight is 471 g/mol. The molecule has 0 aliphatic carbocycles. The highest BCUT2D eigenvalue weighted by Crippen LogP contribution is 2.19. The smallest absolute Gasteiger partial charge is 0.218 e. The first-order valence-corrected chi connectivity index (χ1v) is 10.3. The number of aliphatic hydroxyl groups is 1. The number of hydrogen-bond donors (Lipinski definition) is 1. The summed E-state index contributed by atoms with van der Waals surface area (Å²) in [7, 11) is -9.51. The van der Waals surface area contributed by atoms with Crippen molar-refractivity contribution in [1.82, 2.24) is 0 Å². The Labute approximate surface area is 167 Å². The lowest BCUT2D eigenvalue weighted by Gasteiger charge is -2.33. The van der Waals surface area contributed by atoms with Crippen LogP contribution in [0.2, 0.25) is 0 Å². The van der Waals surface area contributed by atoms with Gasteiger partial charge in [-0.3, -0.25) is 8.37 Å². The van der Waals surface area contributed by atoms with E-state index in [1.807, 2.05) is 6.92 Å². The summed E-state index contributed by atoms with van der Waals surface area (Å²) in [6, 6.07) is 0. The van der Waals surface area contributed by atoms with Crippen molar-refractivity contribution in [3.8, 4) is 0 Å². The molecule has 29 heavy (non-hydrogen) atoms. The Bertz CT molecular complexity index is 690. The fourth-order valence-electron chi connectivity index (χ4n) is 2.34. The van der Waals surface area contributed by atoms with Crippen LogP contribution in [0.25, 0.3) is 0 Å². The molecule has 0 saturated carbocycles. The number of rotatable bonds is 6. The van der Waals surface area contributed by atoms with Crippen molar-refractivity contribution < 1.29 is 69.7 Å². The highest BCUT2D eigenvalue weighted by molar-refractivity contribution is 7.81. The van der Waals surface area contributed by atoms with Crippen LogP contribution in [-0.2, 0) is 43.4 Å². The Hall–Kier alpha value is -0.990. The van der Waals surface area contributed by atoms with E-state index in [1.54, 1.807) is 0 Å². The monoisotopic (exact) mass is 471 g/mol. The topological polar surface area (TPSA) is 275 Å². The van der Waals surface area contributed by atoms with Gasteiger partial charge in [-0.2, -0.15) is 0 Å². The number of carboxylic acids is 1. The maximum Gasteiger partial charge on any atom is 0.218 e. The Morgan fingerprint density at radius 3 is 2.10 bits per heavy atom. The molecule has 0 spiro atoms. The van der Waals surface area contributed by atoms with Crippen LogP contribution in [0, 0.1) is 0 Å². The summed E-state index contributed by atoms with van der Waals surface area (Å²) in [4.78, 5) is 10.3. The molecule has 0 amide bonds. The van der Waals surface area contributed by atoms with Gasteiger partial charge in [0.15, 0.2) is 0 Å². The SMILES string of the molecule is CC1CCC(COS(=O)(=O)[O-])O1.O.O.O=C([O-])C1CC(O)C(OS(=O)(=O)[O-])CO1. The minimum absolute atomic E-state index is 0. The Morgan fingerprint density at radius 1 is 1.14 bits per heavy atom. The van der Waals surface area contributed by atoms with Gasteiger partial charge in [-0.15, -0.1) is 0 Å². The van der Waals surface area contributed by atoms with Crippen LogP contribution in [0.1, 0.15) is 26.2 Å². The van der Waals surface area contributed by atoms with Gasteiger partial charge in [0.05, 0.1) is 43.6 Å². The van der Waals surface area contributed by atoms with E-state index in [0.717, 1.165) is 12.8 Å². The first-order valence-electron chi connectivity index (χ1n) is 7.67. The maximum absolute atomic E-state index is 10.3.